The Bertz CT molecular complexity index is 1270. The molecule has 0 amide bonds. The van der Waals surface area contributed by atoms with Gasteiger partial charge in [-0.25, -0.2) is 19.3 Å². The fourth-order valence-electron chi connectivity index (χ4n) is 3.55. The van der Waals surface area contributed by atoms with Crippen LogP contribution in [0.3, 0.4) is 0 Å². The maximum atomic E-state index is 13.1. The van der Waals surface area contributed by atoms with Crippen molar-refractivity contribution in [1.82, 2.24) is 19.5 Å². The summed E-state index contributed by atoms with van der Waals surface area (Å²) in [5.41, 5.74) is 1.03. The molecule has 3 aromatic heterocycles. The fraction of sp³-hybridized carbons (Fsp3) is 0.273. The quantitative estimate of drug-likeness (QED) is 0.332. The zero-order chi connectivity index (χ0) is 21.2. The molecular weight excluding hydrogens is 419 g/mol. The minimum Gasteiger partial charge on any atom is -0.440 e. The first kappa shape index (κ1) is 19.9. The first-order valence-corrected chi connectivity index (χ1v) is 11.0. The highest BCUT2D eigenvalue weighted by Gasteiger charge is 2.21. The summed E-state index contributed by atoms with van der Waals surface area (Å²) in [4.78, 5) is 26.3. The highest BCUT2D eigenvalue weighted by molar-refractivity contribution is 7.98. The van der Waals surface area contributed by atoms with Crippen molar-refractivity contribution >= 4 is 22.8 Å². The Labute approximate surface area is 181 Å². The number of nitrogens with zero attached hydrogens (tertiary/aromatic N) is 4. The predicted molar refractivity (Wildman–Crippen MR) is 114 cm³/mol. The molecule has 1 atom stereocenters. The monoisotopic (exact) mass is 438 g/mol. The molecule has 158 valence electrons. The van der Waals surface area contributed by atoms with Crippen LogP contribution in [0.15, 0.2) is 63.2 Å². The lowest BCUT2D eigenvalue weighted by molar-refractivity contribution is 0.0937. The lowest BCUT2D eigenvalue weighted by Crippen LogP contribution is -2.29. The van der Waals surface area contributed by atoms with Gasteiger partial charge >= 0.3 is 0 Å². The number of thioether (sulfide) groups is 1. The Kier molecular flexibility index (Phi) is 5.52. The minimum absolute atomic E-state index is 0.000196. The first-order chi connectivity index (χ1) is 15.2. The van der Waals surface area contributed by atoms with Crippen molar-refractivity contribution in [3.63, 3.8) is 0 Å². The summed E-state index contributed by atoms with van der Waals surface area (Å²) in [6.07, 6.45) is 5.14. The first-order valence-electron chi connectivity index (χ1n) is 9.98. The molecule has 0 spiro atoms. The maximum absolute atomic E-state index is 13.1. The average Bonchev–Trinajstić information content (AvgIpc) is 3.47. The standard InChI is InChI=1S/C22H19FN4O3S/c23-15-7-5-14(6-8-15)18-11-25-19(30-18)13-31-22-26-20-17(4-1-9-24-20)21(28)27(22)12-16-3-2-10-29-16/h1,4-9,11,16H,2-3,10,12-13H2. The molecule has 4 aromatic rings. The Morgan fingerprint density at radius 2 is 2.06 bits per heavy atom. The van der Waals surface area contributed by atoms with Crippen LogP contribution < -0.4 is 5.56 Å². The molecule has 0 aliphatic carbocycles. The van der Waals surface area contributed by atoms with Crippen LogP contribution in [0.5, 0.6) is 0 Å². The molecule has 0 saturated carbocycles. The van der Waals surface area contributed by atoms with Gasteiger partial charge in [-0.15, -0.1) is 0 Å². The Morgan fingerprint density at radius 1 is 1.19 bits per heavy atom. The molecule has 1 saturated heterocycles. The second-order valence-corrected chi connectivity index (χ2v) is 8.18. The summed E-state index contributed by atoms with van der Waals surface area (Å²) in [5.74, 6) is 1.13. The summed E-state index contributed by atoms with van der Waals surface area (Å²) in [6.45, 7) is 1.17. The highest BCUT2D eigenvalue weighted by Crippen LogP contribution is 2.26. The third kappa shape index (κ3) is 4.24. The second kappa shape index (κ2) is 8.60. The predicted octanol–water partition coefficient (Wildman–Crippen LogP) is 4.06. The van der Waals surface area contributed by atoms with Crippen molar-refractivity contribution < 1.29 is 13.5 Å². The smallest absolute Gasteiger partial charge is 0.263 e. The zero-order valence-corrected chi connectivity index (χ0v) is 17.3. The van der Waals surface area contributed by atoms with Gasteiger partial charge in [-0.2, -0.15) is 0 Å². The zero-order valence-electron chi connectivity index (χ0n) is 16.5. The third-order valence-electron chi connectivity index (χ3n) is 5.11. The van der Waals surface area contributed by atoms with Gasteiger partial charge in [-0.05, 0) is 49.2 Å². The van der Waals surface area contributed by atoms with Gasteiger partial charge in [0.05, 0.1) is 30.0 Å². The molecule has 1 aliphatic heterocycles. The van der Waals surface area contributed by atoms with Gasteiger partial charge in [0.1, 0.15) is 5.82 Å². The van der Waals surface area contributed by atoms with E-state index in [4.69, 9.17) is 9.15 Å². The topological polar surface area (TPSA) is 83.0 Å². The number of ether oxygens (including phenoxy) is 1. The summed E-state index contributed by atoms with van der Waals surface area (Å²) >= 11 is 1.36. The van der Waals surface area contributed by atoms with Gasteiger partial charge in [0.15, 0.2) is 16.6 Å². The molecule has 1 aliphatic rings. The fourth-order valence-corrected chi connectivity index (χ4v) is 4.40. The van der Waals surface area contributed by atoms with E-state index in [2.05, 4.69) is 15.0 Å². The SMILES string of the molecule is O=c1c2cccnc2nc(SCc2ncc(-c3ccc(F)cc3)o2)n1CC1CCCO1. The Balaban J connectivity index is 1.41. The van der Waals surface area contributed by atoms with E-state index in [0.29, 0.717) is 46.7 Å². The largest absolute Gasteiger partial charge is 0.440 e. The number of rotatable bonds is 6. The van der Waals surface area contributed by atoms with E-state index < -0.39 is 0 Å². The van der Waals surface area contributed by atoms with Gasteiger partial charge in [0.25, 0.3) is 5.56 Å². The van der Waals surface area contributed by atoms with Crippen LogP contribution in [0.4, 0.5) is 4.39 Å². The average molecular weight is 438 g/mol. The van der Waals surface area contributed by atoms with Crippen molar-refractivity contribution in [2.24, 2.45) is 0 Å². The Morgan fingerprint density at radius 3 is 2.87 bits per heavy atom. The molecule has 0 bridgehead atoms. The number of benzene rings is 1. The van der Waals surface area contributed by atoms with Gasteiger partial charge in [-0.3, -0.25) is 9.36 Å². The van der Waals surface area contributed by atoms with Crippen LogP contribution in [0.1, 0.15) is 18.7 Å². The molecular formula is C22H19FN4O3S. The van der Waals surface area contributed by atoms with Crippen LogP contribution in [-0.4, -0.2) is 32.2 Å². The Hall–Kier alpha value is -3.04. The number of oxazole rings is 1. The van der Waals surface area contributed by atoms with E-state index in [1.807, 2.05) is 0 Å². The molecule has 9 heteroatoms. The van der Waals surface area contributed by atoms with Crippen molar-refractivity contribution in [2.75, 3.05) is 6.61 Å². The third-order valence-corrected chi connectivity index (χ3v) is 6.07. The molecule has 0 N–H and O–H groups in total. The number of pyridine rings is 1. The van der Waals surface area contributed by atoms with Gasteiger partial charge in [0, 0.05) is 18.4 Å². The summed E-state index contributed by atoms with van der Waals surface area (Å²) in [6, 6.07) is 9.51. The normalized spacial score (nSPS) is 16.2. The molecule has 31 heavy (non-hydrogen) atoms. The highest BCUT2D eigenvalue weighted by atomic mass is 32.2. The molecule has 1 fully saturated rings. The van der Waals surface area contributed by atoms with Crippen LogP contribution in [-0.2, 0) is 17.0 Å². The van der Waals surface area contributed by atoms with E-state index in [1.165, 1.54) is 23.9 Å². The van der Waals surface area contributed by atoms with Crippen molar-refractivity contribution in [3.05, 3.63) is 70.9 Å². The number of aromatic nitrogens is 4. The maximum Gasteiger partial charge on any atom is 0.263 e. The van der Waals surface area contributed by atoms with E-state index in [1.54, 1.807) is 41.2 Å². The molecule has 5 rings (SSSR count). The molecule has 1 aromatic carbocycles. The number of fused-ring (bicyclic) bond motifs is 1. The van der Waals surface area contributed by atoms with Crippen LogP contribution in [0, 0.1) is 5.82 Å². The lowest BCUT2D eigenvalue weighted by Gasteiger charge is -2.15. The van der Waals surface area contributed by atoms with E-state index >= 15 is 0 Å². The van der Waals surface area contributed by atoms with E-state index in [0.717, 1.165) is 18.4 Å². The van der Waals surface area contributed by atoms with E-state index in [9.17, 15) is 9.18 Å². The van der Waals surface area contributed by atoms with Crippen molar-refractivity contribution in [3.8, 4) is 11.3 Å². The summed E-state index contributed by atoms with van der Waals surface area (Å²) < 4.78 is 26.4. The van der Waals surface area contributed by atoms with Gasteiger partial charge < -0.3 is 9.15 Å². The number of hydrogen-bond donors (Lipinski definition) is 0. The van der Waals surface area contributed by atoms with E-state index in [-0.39, 0.29) is 17.5 Å². The lowest BCUT2D eigenvalue weighted by atomic mass is 10.2. The van der Waals surface area contributed by atoms with Crippen molar-refractivity contribution in [2.45, 2.75) is 36.4 Å². The van der Waals surface area contributed by atoms with Crippen LogP contribution in [0.25, 0.3) is 22.4 Å². The van der Waals surface area contributed by atoms with Crippen molar-refractivity contribution in [1.29, 1.82) is 0 Å². The van der Waals surface area contributed by atoms with Gasteiger partial charge in [0.2, 0.25) is 5.89 Å². The number of hydrogen-bond acceptors (Lipinski definition) is 7. The van der Waals surface area contributed by atoms with Gasteiger partial charge in [-0.1, -0.05) is 11.8 Å². The number of halogens is 1. The molecule has 4 heterocycles. The summed E-state index contributed by atoms with van der Waals surface area (Å²) in [7, 11) is 0. The van der Waals surface area contributed by atoms with Crippen LogP contribution in [0.2, 0.25) is 0 Å². The second-order valence-electron chi connectivity index (χ2n) is 7.23. The van der Waals surface area contributed by atoms with Crippen LogP contribution >= 0.6 is 11.8 Å². The summed E-state index contributed by atoms with van der Waals surface area (Å²) in [5, 5.41) is 1.03. The molecule has 7 nitrogen and oxygen atoms in total. The molecule has 1 unspecified atom stereocenters. The molecule has 0 radical (unpaired) electrons. The minimum atomic E-state index is -0.306.